The standard InChI is InChI=1S/C18H20F6N2O/c1-9(2)16-26-14-7-10(6-12(15(14)27-16)18(22,23)24)8-25-13-5-3-4-11(13)17(19,20)21/h6-7,9,11,13,25H,3-5,8H2,1-2H3. The second kappa shape index (κ2) is 7.00. The first-order valence-electron chi connectivity index (χ1n) is 8.77. The Morgan fingerprint density at radius 1 is 1.15 bits per heavy atom. The third-order valence-electron chi connectivity index (χ3n) is 4.87. The highest BCUT2D eigenvalue weighted by Gasteiger charge is 2.46. The number of nitrogens with zero attached hydrogens (tertiary/aromatic N) is 1. The lowest BCUT2D eigenvalue weighted by atomic mass is 10.0. The van der Waals surface area contributed by atoms with E-state index in [1.807, 2.05) is 0 Å². The van der Waals surface area contributed by atoms with Crippen LogP contribution in [0.15, 0.2) is 16.5 Å². The number of rotatable bonds is 4. The van der Waals surface area contributed by atoms with Gasteiger partial charge in [-0.05, 0) is 30.5 Å². The first-order chi connectivity index (χ1) is 12.5. The molecule has 0 amide bonds. The van der Waals surface area contributed by atoms with Crippen molar-refractivity contribution in [2.45, 2.75) is 64.0 Å². The Kier molecular flexibility index (Phi) is 5.18. The molecule has 27 heavy (non-hydrogen) atoms. The van der Waals surface area contributed by atoms with Crippen LogP contribution in [0.1, 0.15) is 56.0 Å². The second-order valence-corrected chi connectivity index (χ2v) is 7.26. The minimum Gasteiger partial charge on any atom is -0.440 e. The first kappa shape index (κ1) is 20.0. The lowest BCUT2D eigenvalue weighted by Crippen LogP contribution is -2.39. The molecule has 2 unspecified atom stereocenters. The summed E-state index contributed by atoms with van der Waals surface area (Å²) in [7, 11) is 0. The van der Waals surface area contributed by atoms with Gasteiger partial charge in [0.25, 0.3) is 0 Å². The quantitative estimate of drug-likeness (QED) is 0.667. The number of halogens is 6. The maximum absolute atomic E-state index is 13.4. The Balaban J connectivity index is 1.88. The number of hydrogen-bond donors (Lipinski definition) is 1. The highest BCUT2D eigenvalue weighted by atomic mass is 19.4. The third-order valence-corrected chi connectivity index (χ3v) is 4.87. The molecular formula is C18H20F6N2O. The van der Waals surface area contributed by atoms with E-state index >= 15 is 0 Å². The van der Waals surface area contributed by atoms with Gasteiger partial charge in [0.2, 0.25) is 0 Å². The summed E-state index contributed by atoms with van der Waals surface area (Å²) in [6.07, 6.45) is -8.14. The maximum Gasteiger partial charge on any atom is 0.420 e. The van der Waals surface area contributed by atoms with Gasteiger partial charge in [0.1, 0.15) is 11.1 Å². The molecule has 1 saturated carbocycles. The Morgan fingerprint density at radius 2 is 1.85 bits per heavy atom. The summed E-state index contributed by atoms with van der Waals surface area (Å²) >= 11 is 0. The molecule has 0 radical (unpaired) electrons. The van der Waals surface area contributed by atoms with Crippen LogP contribution in [0.3, 0.4) is 0 Å². The predicted molar refractivity (Wildman–Crippen MR) is 87.1 cm³/mol. The fourth-order valence-corrected chi connectivity index (χ4v) is 3.51. The number of aromatic nitrogens is 1. The normalized spacial score (nSPS) is 21.5. The first-order valence-corrected chi connectivity index (χ1v) is 8.77. The molecule has 3 rings (SSSR count). The van der Waals surface area contributed by atoms with Crippen LogP contribution in [0.5, 0.6) is 0 Å². The van der Waals surface area contributed by atoms with Crippen molar-refractivity contribution in [1.29, 1.82) is 0 Å². The van der Waals surface area contributed by atoms with Gasteiger partial charge in [-0.3, -0.25) is 0 Å². The Labute approximate surface area is 152 Å². The molecular weight excluding hydrogens is 374 g/mol. The SMILES string of the molecule is CC(C)c1nc2cc(CNC3CCCC3C(F)(F)F)cc(C(F)(F)F)c2o1. The summed E-state index contributed by atoms with van der Waals surface area (Å²) in [6.45, 7) is 3.40. The van der Waals surface area contributed by atoms with Crippen LogP contribution >= 0.6 is 0 Å². The molecule has 1 aromatic heterocycles. The summed E-state index contributed by atoms with van der Waals surface area (Å²) in [6, 6.07) is 1.56. The molecule has 0 bridgehead atoms. The third kappa shape index (κ3) is 4.23. The van der Waals surface area contributed by atoms with Crippen LogP contribution in [0.4, 0.5) is 26.3 Å². The van der Waals surface area contributed by atoms with Gasteiger partial charge in [0.05, 0.1) is 5.92 Å². The van der Waals surface area contributed by atoms with Crippen molar-refractivity contribution in [3.63, 3.8) is 0 Å². The minimum atomic E-state index is -4.65. The smallest absolute Gasteiger partial charge is 0.420 e. The molecule has 1 aliphatic rings. The largest absolute Gasteiger partial charge is 0.440 e. The molecule has 150 valence electrons. The van der Waals surface area contributed by atoms with E-state index in [4.69, 9.17) is 4.42 Å². The molecule has 1 aliphatic carbocycles. The zero-order valence-corrected chi connectivity index (χ0v) is 14.8. The fourth-order valence-electron chi connectivity index (χ4n) is 3.51. The summed E-state index contributed by atoms with van der Waals surface area (Å²) < 4.78 is 84.6. The number of nitrogens with one attached hydrogen (secondary N) is 1. The number of benzene rings is 1. The highest BCUT2D eigenvalue weighted by Crippen LogP contribution is 2.40. The zero-order chi connectivity index (χ0) is 20.0. The van der Waals surface area contributed by atoms with Crippen LogP contribution in [-0.2, 0) is 12.7 Å². The van der Waals surface area contributed by atoms with Crippen molar-refractivity contribution < 1.29 is 30.8 Å². The lowest BCUT2D eigenvalue weighted by Gasteiger charge is -2.23. The molecule has 1 fully saturated rings. The van der Waals surface area contributed by atoms with Crippen molar-refractivity contribution >= 4 is 11.1 Å². The van der Waals surface area contributed by atoms with E-state index in [2.05, 4.69) is 10.3 Å². The van der Waals surface area contributed by atoms with E-state index in [1.165, 1.54) is 6.07 Å². The Morgan fingerprint density at radius 3 is 2.44 bits per heavy atom. The van der Waals surface area contributed by atoms with Gasteiger partial charge in [-0.2, -0.15) is 26.3 Å². The topological polar surface area (TPSA) is 38.1 Å². The second-order valence-electron chi connectivity index (χ2n) is 7.26. The maximum atomic E-state index is 13.4. The number of hydrogen-bond acceptors (Lipinski definition) is 3. The van der Waals surface area contributed by atoms with Gasteiger partial charge in [-0.15, -0.1) is 0 Å². The summed E-state index contributed by atoms with van der Waals surface area (Å²) in [5.74, 6) is -1.47. The number of oxazole rings is 1. The van der Waals surface area contributed by atoms with E-state index in [1.54, 1.807) is 13.8 Å². The van der Waals surface area contributed by atoms with Crippen LogP contribution < -0.4 is 5.32 Å². The summed E-state index contributed by atoms with van der Waals surface area (Å²) in [5.41, 5.74) is -1.02. The van der Waals surface area contributed by atoms with E-state index < -0.39 is 29.9 Å². The molecule has 1 N–H and O–H groups in total. The molecule has 2 atom stereocenters. The molecule has 0 spiro atoms. The molecule has 0 aliphatic heterocycles. The molecule has 0 saturated heterocycles. The van der Waals surface area contributed by atoms with Gasteiger partial charge < -0.3 is 9.73 Å². The average molecular weight is 394 g/mol. The van der Waals surface area contributed by atoms with Crippen LogP contribution in [0.2, 0.25) is 0 Å². The fraction of sp³-hybridized carbons (Fsp3) is 0.611. The molecule has 1 heterocycles. The van der Waals surface area contributed by atoms with Gasteiger partial charge in [0.15, 0.2) is 11.5 Å². The molecule has 3 nitrogen and oxygen atoms in total. The summed E-state index contributed by atoms with van der Waals surface area (Å²) in [4.78, 5) is 4.11. The Bertz CT molecular complexity index is 809. The van der Waals surface area contributed by atoms with Crippen molar-refractivity contribution in [2.75, 3.05) is 0 Å². The zero-order valence-electron chi connectivity index (χ0n) is 14.8. The van der Waals surface area contributed by atoms with E-state index in [0.29, 0.717) is 12.8 Å². The number of alkyl halides is 6. The van der Waals surface area contributed by atoms with Crippen LogP contribution in [0, 0.1) is 5.92 Å². The monoisotopic (exact) mass is 394 g/mol. The van der Waals surface area contributed by atoms with Crippen LogP contribution in [0.25, 0.3) is 11.1 Å². The van der Waals surface area contributed by atoms with E-state index in [0.717, 1.165) is 6.07 Å². The van der Waals surface area contributed by atoms with Crippen molar-refractivity contribution in [3.05, 3.63) is 29.2 Å². The summed E-state index contributed by atoms with van der Waals surface area (Å²) in [5, 5.41) is 2.78. The van der Waals surface area contributed by atoms with Gasteiger partial charge in [0, 0.05) is 18.5 Å². The Hall–Kier alpha value is -1.77. The molecule has 9 heteroatoms. The molecule has 1 aromatic carbocycles. The van der Waals surface area contributed by atoms with Crippen molar-refractivity contribution in [1.82, 2.24) is 10.3 Å². The van der Waals surface area contributed by atoms with Crippen LogP contribution in [-0.4, -0.2) is 17.2 Å². The van der Waals surface area contributed by atoms with Gasteiger partial charge >= 0.3 is 12.4 Å². The number of fused-ring (bicyclic) bond motifs is 1. The van der Waals surface area contributed by atoms with E-state index in [-0.39, 0.29) is 41.4 Å². The molecule has 2 aromatic rings. The van der Waals surface area contributed by atoms with E-state index in [9.17, 15) is 26.3 Å². The average Bonchev–Trinajstić information content (AvgIpc) is 3.17. The van der Waals surface area contributed by atoms with Gasteiger partial charge in [-0.25, -0.2) is 4.98 Å². The highest BCUT2D eigenvalue weighted by molar-refractivity contribution is 5.78. The van der Waals surface area contributed by atoms with Gasteiger partial charge in [-0.1, -0.05) is 20.3 Å². The minimum absolute atomic E-state index is 0.0367. The lowest BCUT2D eigenvalue weighted by molar-refractivity contribution is -0.177. The van der Waals surface area contributed by atoms with Crippen molar-refractivity contribution in [2.24, 2.45) is 5.92 Å². The predicted octanol–water partition coefficient (Wildman–Crippen LogP) is 5.79. The van der Waals surface area contributed by atoms with Crippen molar-refractivity contribution in [3.8, 4) is 0 Å².